The second-order valence-electron chi connectivity index (χ2n) is 3.21. The van der Waals surface area contributed by atoms with Gasteiger partial charge in [0.1, 0.15) is 6.26 Å². The molecule has 0 fully saturated rings. The Balaban J connectivity index is 2.28. The van der Waals surface area contributed by atoms with E-state index in [2.05, 4.69) is 10.3 Å². The van der Waals surface area contributed by atoms with E-state index in [1.165, 1.54) is 12.1 Å². The molecule has 0 saturated carbocycles. The lowest BCUT2D eigenvalue weighted by molar-refractivity contribution is 0.0690. The maximum atomic E-state index is 10.6. The average molecular weight is 308 g/mol. The van der Waals surface area contributed by atoms with Gasteiger partial charge in [-0.15, -0.1) is 0 Å². The van der Waals surface area contributed by atoms with Crippen molar-refractivity contribution < 1.29 is 14.3 Å². The number of aromatic carboxylic acids is 1. The Kier molecular flexibility index (Phi) is 3.65. The van der Waals surface area contributed by atoms with Crippen molar-refractivity contribution in [2.45, 2.75) is 0 Å². The number of carbonyl (C=O) groups is 1. The highest BCUT2D eigenvalue weighted by Crippen LogP contribution is 2.33. The second kappa shape index (κ2) is 5.06. The fourth-order valence-electron chi connectivity index (χ4n) is 1.16. The number of halogens is 3. The van der Waals surface area contributed by atoms with Crippen LogP contribution in [0.5, 0.6) is 0 Å². The van der Waals surface area contributed by atoms with Crippen molar-refractivity contribution in [2.24, 2.45) is 0 Å². The maximum absolute atomic E-state index is 10.6. The van der Waals surface area contributed by atoms with Crippen LogP contribution in [0.2, 0.25) is 15.1 Å². The second-order valence-corrected chi connectivity index (χ2v) is 4.44. The number of carboxylic acid groups (broad SMARTS) is 1. The minimum atomic E-state index is -1.19. The van der Waals surface area contributed by atoms with Crippen molar-refractivity contribution in [2.75, 3.05) is 5.32 Å². The van der Waals surface area contributed by atoms with Crippen molar-refractivity contribution in [3.63, 3.8) is 0 Å². The van der Waals surface area contributed by atoms with Gasteiger partial charge < -0.3 is 14.8 Å². The summed E-state index contributed by atoms with van der Waals surface area (Å²) in [7, 11) is 0. The molecule has 0 aliphatic carbocycles. The molecule has 0 atom stereocenters. The van der Waals surface area contributed by atoms with Crippen LogP contribution in [0, 0.1) is 0 Å². The van der Waals surface area contributed by atoms with E-state index in [4.69, 9.17) is 44.3 Å². The first-order valence-electron chi connectivity index (χ1n) is 4.58. The normalized spacial score (nSPS) is 10.4. The number of hydrogen-bond donors (Lipinski definition) is 2. The van der Waals surface area contributed by atoms with E-state index in [9.17, 15) is 4.79 Å². The molecule has 2 N–H and O–H groups in total. The van der Waals surface area contributed by atoms with E-state index in [0.717, 1.165) is 6.26 Å². The van der Waals surface area contributed by atoms with Crippen molar-refractivity contribution >= 4 is 52.5 Å². The zero-order valence-electron chi connectivity index (χ0n) is 8.58. The summed E-state index contributed by atoms with van der Waals surface area (Å²) in [5.74, 6) is -1.19. The third kappa shape index (κ3) is 2.69. The highest BCUT2D eigenvalue weighted by molar-refractivity contribution is 6.44. The van der Waals surface area contributed by atoms with E-state index < -0.39 is 5.97 Å². The van der Waals surface area contributed by atoms with Crippen LogP contribution in [0.4, 0.5) is 11.7 Å². The number of nitrogens with zero attached hydrogens (tertiary/aromatic N) is 1. The third-order valence-electron chi connectivity index (χ3n) is 1.97. The summed E-state index contributed by atoms with van der Waals surface area (Å²) in [4.78, 5) is 14.3. The molecule has 94 valence electrons. The Hall–Kier alpha value is -1.43. The quantitative estimate of drug-likeness (QED) is 0.836. The van der Waals surface area contributed by atoms with Gasteiger partial charge in [0.25, 0.3) is 6.01 Å². The molecule has 2 aromatic rings. The molecule has 1 aromatic heterocycles. The summed E-state index contributed by atoms with van der Waals surface area (Å²) >= 11 is 17.5. The lowest BCUT2D eigenvalue weighted by Crippen LogP contribution is -1.97. The molecular formula is C10H5Cl3N2O3. The first-order chi connectivity index (χ1) is 8.47. The van der Waals surface area contributed by atoms with Crippen LogP contribution in [0.15, 0.2) is 22.8 Å². The molecule has 0 bridgehead atoms. The summed E-state index contributed by atoms with van der Waals surface area (Å²) < 4.78 is 4.92. The van der Waals surface area contributed by atoms with Crippen molar-refractivity contribution in [3.05, 3.63) is 39.2 Å². The van der Waals surface area contributed by atoms with E-state index in [1.807, 2.05) is 0 Å². The standard InChI is InChI=1S/C10H5Cl3N2O3/c11-4-1-6(13)7(2-5(4)12)14-10-15-8(3-18-10)9(16)17/h1-3H,(H,14,15)(H,16,17). The summed E-state index contributed by atoms with van der Waals surface area (Å²) in [6.07, 6.45) is 1.01. The topological polar surface area (TPSA) is 75.4 Å². The molecule has 2 rings (SSSR count). The number of aromatic nitrogens is 1. The van der Waals surface area contributed by atoms with Gasteiger partial charge in [-0.2, -0.15) is 4.98 Å². The molecule has 0 radical (unpaired) electrons. The lowest BCUT2D eigenvalue weighted by atomic mass is 10.3. The maximum Gasteiger partial charge on any atom is 0.357 e. The van der Waals surface area contributed by atoms with Crippen LogP contribution in [-0.4, -0.2) is 16.1 Å². The van der Waals surface area contributed by atoms with Crippen LogP contribution in [0.1, 0.15) is 10.5 Å². The van der Waals surface area contributed by atoms with Gasteiger partial charge in [0.05, 0.1) is 20.8 Å². The molecule has 0 spiro atoms. The molecule has 1 aromatic carbocycles. The summed E-state index contributed by atoms with van der Waals surface area (Å²) in [6, 6.07) is 2.93. The van der Waals surface area contributed by atoms with Crippen molar-refractivity contribution in [3.8, 4) is 0 Å². The average Bonchev–Trinajstić information content (AvgIpc) is 2.74. The smallest absolute Gasteiger partial charge is 0.357 e. The minimum absolute atomic E-state index is 0.00677. The molecule has 0 aliphatic rings. The molecule has 0 aliphatic heterocycles. The fourth-order valence-corrected chi connectivity index (χ4v) is 1.76. The fraction of sp³-hybridized carbons (Fsp3) is 0. The Morgan fingerprint density at radius 3 is 2.50 bits per heavy atom. The molecule has 8 heteroatoms. The Labute approximate surface area is 116 Å². The number of carboxylic acids is 1. The summed E-state index contributed by atoms with van der Waals surface area (Å²) in [5, 5.41) is 12.3. The molecule has 0 saturated heterocycles. The highest BCUT2D eigenvalue weighted by Gasteiger charge is 2.12. The number of oxazole rings is 1. The largest absolute Gasteiger partial charge is 0.476 e. The summed E-state index contributed by atoms with van der Waals surface area (Å²) in [6.45, 7) is 0. The molecule has 0 amide bonds. The Morgan fingerprint density at radius 2 is 1.89 bits per heavy atom. The Bertz CT molecular complexity index is 612. The first kappa shape index (κ1) is 13.0. The lowest BCUT2D eigenvalue weighted by Gasteiger charge is -2.06. The van der Waals surface area contributed by atoms with Gasteiger partial charge in [-0.3, -0.25) is 0 Å². The Morgan fingerprint density at radius 1 is 1.22 bits per heavy atom. The van der Waals surface area contributed by atoms with Crippen LogP contribution in [0.25, 0.3) is 0 Å². The first-order valence-corrected chi connectivity index (χ1v) is 5.71. The van der Waals surface area contributed by atoms with Crippen molar-refractivity contribution in [1.82, 2.24) is 4.98 Å². The van der Waals surface area contributed by atoms with Gasteiger partial charge >= 0.3 is 5.97 Å². The predicted octanol–water partition coefficient (Wildman–Crippen LogP) is 4.08. The zero-order chi connectivity index (χ0) is 13.3. The van der Waals surface area contributed by atoms with Gasteiger partial charge in [0.15, 0.2) is 5.69 Å². The van der Waals surface area contributed by atoms with Crippen molar-refractivity contribution in [1.29, 1.82) is 0 Å². The van der Waals surface area contributed by atoms with Crippen LogP contribution in [-0.2, 0) is 0 Å². The van der Waals surface area contributed by atoms with E-state index in [0.29, 0.717) is 20.8 Å². The number of nitrogens with one attached hydrogen (secondary N) is 1. The molecule has 18 heavy (non-hydrogen) atoms. The van der Waals surface area contributed by atoms with E-state index in [1.54, 1.807) is 0 Å². The number of hydrogen-bond acceptors (Lipinski definition) is 4. The zero-order valence-corrected chi connectivity index (χ0v) is 10.8. The van der Waals surface area contributed by atoms with Crippen LogP contribution < -0.4 is 5.32 Å². The van der Waals surface area contributed by atoms with Crippen LogP contribution in [0.3, 0.4) is 0 Å². The third-order valence-corrected chi connectivity index (χ3v) is 3.01. The molecule has 5 nitrogen and oxygen atoms in total. The molecular weight excluding hydrogens is 302 g/mol. The van der Waals surface area contributed by atoms with Gasteiger partial charge in [-0.1, -0.05) is 34.8 Å². The summed E-state index contributed by atoms with van der Waals surface area (Å²) in [5.41, 5.74) is 0.193. The minimum Gasteiger partial charge on any atom is -0.476 e. The van der Waals surface area contributed by atoms with Crippen LogP contribution >= 0.6 is 34.8 Å². The van der Waals surface area contributed by atoms with Gasteiger partial charge in [0.2, 0.25) is 0 Å². The molecule has 0 unspecified atom stereocenters. The molecule has 1 heterocycles. The van der Waals surface area contributed by atoms with E-state index >= 15 is 0 Å². The number of anilines is 2. The number of rotatable bonds is 3. The highest BCUT2D eigenvalue weighted by atomic mass is 35.5. The van der Waals surface area contributed by atoms with Gasteiger partial charge in [-0.25, -0.2) is 4.79 Å². The monoisotopic (exact) mass is 306 g/mol. The number of benzene rings is 1. The van der Waals surface area contributed by atoms with Gasteiger partial charge in [0, 0.05) is 0 Å². The van der Waals surface area contributed by atoms with Gasteiger partial charge in [-0.05, 0) is 12.1 Å². The SMILES string of the molecule is O=C(O)c1coc(Nc2cc(Cl)c(Cl)cc2Cl)n1. The van der Waals surface area contributed by atoms with E-state index in [-0.39, 0.29) is 11.7 Å². The predicted molar refractivity (Wildman–Crippen MR) is 68.2 cm³/mol.